The van der Waals surface area contributed by atoms with Crippen LogP contribution < -0.4 is 0 Å². The van der Waals surface area contributed by atoms with E-state index in [1.54, 1.807) is 19.3 Å². The molecule has 0 fully saturated rings. The van der Waals surface area contributed by atoms with E-state index >= 15 is 0 Å². The lowest BCUT2D eigenvalue weighted by Crippen LogP contribution is -2.20. The molecule has 0 aliphatic carbocycles. The third kappa shape index (κ3) is 18.1. The topological polar surface area (TPSA) is 76.0 Å². The summed E-state index contributed by atoms with van der Waals surface area (Å²) in [6.07, 6.45) is 15.4. The van der Waals surface area contributed by atoms with Gasteiger partial charge in [0, 0.05) is 62.0 Å². The van der Waals surface area contributed by atoms with Crippen molar-refractivity contribution in [2.24, 2.45) is 17.8 Å². The highest BCUT2D eigenvalue weighted by Gasteiger charge is 2.24. The summed E-state index contributed by atoms with van der Waals surface area (Å²) < 4.78 is 0. The van der Waals surface area contributed by atoms with Crippen molar-refractivity contribution in [2.75, 3.05) is 0 Å². The highest BCUT2D eigenvalue weighted by molar-refractivity contribution is 6.30. The third-order valence-corrected chi connectivity index (χ3v) is 9.94. The fourth-order valence-electron chi connectivity index (χ4n) is 5.72. The van der Waals surface area contributed by atoms with Gasteiger partial charge in [-0.05, 0) is 86.4 Å². The van der Waals surface area contributed by atoms with Crippen molar-refractivity contribution in [2.45, 2.75) is 157 Å². The van der Waals surface area contributed by atoms with Crippen molar-refractivity contribution in [3.8, 4) is 0 Å². The maximum Gasteiger partial charge on any atom is 0.306 e. The summed E-state index contributed by atoms with van der Waals surface area (Å²) in [5, 5.41) is 10.4. The maximum absolute atomic E-state index is 10.8. The maximum atomic E-state index is 10.8. The van der Waals surface area contributed by atoms with E-state index in [0.29, 0.717) is 0 Å². The third-order valence-electron chi connectivity index (χ3n) is 9.47. The second-order valence-electron chi connectivity index (χ2n) is 16.8. The Balaban J connectivity index is 0.000000376. The molecule has 50 heavy (non-hydrogen) atoms. The standard InChI is InChI=1S/C15H23NO2.2C14H22ClN/c1-11-7-9-16-13(10-11)15(3,4)8-5-6-12(2)14(17)18;2*1-11(2)6-5-8-14(3,4)13-10-12(15)7-9-16-13/h7,9-10,12H,5-6,8H2,1-4H3,(H,17,18);2*7,9-11H,5-6,8H2,1-4H3. The van der Waals surface area contributed by atoms with Crippen LogP contribution in [-0.4, -0.2) is 26.0 Å². The highest BCUT2D eigenvalue weighted by atomic mass is 35.5. The van der Waals surface area contributed by atoms with Gasteiger partial charge in [-0.3, -0.25) is 19.7 Å². The highest BCUT2D eigenvalue weighted by Crippen LogP contribution is 2.31. The monoisotopic (exact) mass is 727 g/mol. The Kier molecular flexibility index (Phi) is 19.8. The van der Waals surface area contributed by atoms with Gasteiger partial charge in [0.15, 0.2) is 0 Å². The van der Waals surface area contributed by atoms with E-state index in [9.17, 15) is 4.79 Å². The molecule has 0 saturated heterocycles. The quantitative estimate of drug-likeness (QED) is 0.159. The number of aromatic nitrogens is 3. The molecule has 0 aromatic carbocycles. The molecule has 3 rings (SSSR count). The molecule has 0 aliphatic heterocycles. The number of carboxylic acids is 1. The number of halogens is 2. The molecule has 0 bridgehead atoms. The van der Waals surface area contributed by atoms with Gasteiger partial charge in [0.05, 0.1) is 5.92 Å². The number of carboxylic acid groups (broad SMARTS) is 1. The number of aryl methyl sites for hydroxylation is 1. The normalized spacial score (nSPS) is 12.6. The van der Waals surface area contributed by atoms with Gasteiger partial charge in [0.2, 0.25) is 0 Å². The average molecular weight is 729 g/mol. The zero-order valence-electron chi connectivity index (χ0n) is 33.2. The Morgan fingerprint density at radius 3 is 1.28 bits per heavy atom. The van der Waals surface area contributed by atoms with Crippen LogP contribution in [0, 0.1) is 24.7 Å². The van der Waals surface area contributed by atoms with E-state index in [0.717, 1.165) is 58.2 Å². The van der Waals surface area contributed by atoms with Gasteiger partial charge in [-0.25, -0.2) is 0 Å². The molecule has 3 heterocycles. The minimum Gasteiger partial charge on any atom is -0.481 e. The second-order valence-corrected chi connectivity index (χ2v) is 17.7. The van der Waals surface area contributed by atoms with E-state index in [1.165, 1.54) is 44.1 Å². The Bertz CT molecular complexity index is 1350. The number of rotatable bonds is 16. The first kappa shape index (κ1) is 45.5. The van der Waals surface area contributed by atoms with Crippen LogP contribution in [0.15, 0.2) is 55.0 Å². The SMILES string of the molecule is CC(C)CCCC(C)(C)c1cc(Cl)ccn1.CC(C)CCCC(C)(C)c1cc(Cl)ccn1.Cc1ccnc(C(C)(C)CCCC(C)C(=O)O)c1. The Labute approximate surface area is 315 Å². The van der Waals surface area contributed by atoms with Crippen LogP contribution in [0.4, 0.5) is 0 Å². The molecule has 0 aliphatic rings. The van der Waals surface area contributed by atoms with Crippen LogP contribution in [0.2, 0.25) is 10.0 Å². The molecule has 5 nitrogen and oxygen atoms in total. The van der Waals surface area contributed by atoms with Crippen LogP contribution in [0.5, 0.6) is 0 Å². The summed E-state index contributed by atoms with van der Waals surface area (Å²) in [4.78, 5) is 24.0. The Morgan fingerprint density at radius 2 is 0.960 bits per heavy atom. The van der Waals surface area contributed by atoms with Gasteiger partial charge in [-0.1, -0.05) is 131 Å². The number of pyridine rings is 3. The predicted molar refractivity (Wildman–Crippen MR) is 215 cm³/mol. The first-order chi connectivity index (χ1) is 23.2. The van der Waals surface area contributed by atoms with Crippen LogP contribution >= 0.6 is 23.2 Å². The Morgan fingerprint density at radius 1 is 0.620 bits per heavy atom. The van der Waals surface area contributed by atoms with Crippen molar-refractivity contribution in [1.82, 2.24) is 15.0 Å². The molecular weight excluding hydrogens is 661 g/mol. The molecule has 1 N–H and O–H groups in total. The summed E-state index contributed by atoms with van der Waals surface area (Å²) in [5.41, 5.74) is 4.76. The Hall–Kier alpha value is -2.50. The first-order valence-electron chi connectivity index (χ1n) is 18.6. The zero-order valence-corrected chi connectivity index (χ0v) is 34.8. The van der Waals surface area contributed by atoms with Crippen LogP contribution in [0.1, 0.15) is 157 Å². The summed E-state index contributed by atoms with van der Waals surface area (Å²) in [5.74, 6) is 0.596. The molecule has 3 aromatic rings. The van der Waals surface area contributed by atoms with Crippen molar-refractivity contribution in [3.05, 3.63) is 87.7 Å². The lowest BCUT2D eigenvalue weighted by Gasteiger charge is -2.24. The van der Waals surface area contributed by atoms with Gasteiger partial charge in [-0.2, -0.15) is 0 Å². The zero-order chi connectivity index (χ0) is 38.1. The lowest BCUT2D eigenvalue weighted by atomic mass is 9.82. The lowest BCUT2D eigenvalue weighted by molar-refractivity contribution is -0.141. The first-order valence-corrected chi connectivity index (χ1v) is 19.3. The predicted octanol–water partition coefficient (Wildman–Crippen LogP) is 13.2. The average Bonchev–Trinajstić information content (AvgIpc) is 3.01. The van der Waals surface area contributed by atoms with Gasteiger partial charge < -0.3 is 5.11 Å². The smallest absolute Gasteiger partial charge is 0.306 e. The van der Waals surface area contributed by atoms with Gasteiger partial charge in [0.25, 0.3) is 0 Å². The van der Waals surface area contributed by atoms with Crippen LogP contribution in [-0.2, 0) is 21.0 Å². The largest absolute Gasteiger partial charge is 0.481 e. The number of aliphatic carboxylic acids is 1. The van der Waals surface area contributed by atoms with Gasteiger partial charge in [0.1, 0.15) is 0 Å². The summed E-state index contributed by atoms with van der Waals surface area (Å²) in [7, 11) is 0. The van der Waals surface area contributed by atoms with Crippen molar-refractivity contribution < 1.29 is 9.90 Å². The molecular formula is C43H67Cl2N3O2. The molecule has 0 amide bonds. The molecule has 280 valence electrons. The minimum absolute atomic E-state index is 0.00421. The second kappa shape index (κ2) is 21.8. The molecule has 3 aromatic heterocycles. The summed E-state index contributed by atoms with van der Waals surface area (Å²) in [6.45, 7) is 26.2. The van der Waals surface area contributed by atoms with Crippen LogP contribution in [0.25, 0.3) is 0 Å². The van der Waals surface area contributed by atoms with Crippen molar-refractivity contribution in [3.63, 3.8) is 0 Å². The number of carbonyl (C=O) groups is 1. The van der Waals surface area contributed by atoms with E-state index in [2.05, 4.69) is 97.2 Å². The van der Waals surface area contributed by atoms with E-state index < -0.39 is 5.97 Å². The van der Waals surface area contributed by atoms with E-state index in [1.807, 2.05) is 36.5 Å². The number of hydrogen-bond donors (Lipinski definition) is 1. The van der Waals surface area contributed by atoms with Gasteiger partial charge >= 0.3 is 5.97 Å². The van der Waals surface area contributed by atoms with Crippen LogP contribution in [0.3, 0.4) is 0 Å². The number of nitrogens with zero attached hydrogens (tertiary/aromatic N) is 3. The molecule has 0 spiro atoms. The number of hydrogen-bond acceptors (Lipinski definition) is 4. The molecule has 1 unspecified atom stereocenters. The van der Waals surface area contributed by atoms with E-state index in [4.69, 9.17) is 28.3 Å². The summed E-state index contributed by atoms with van der Waals surface area (Å²) >= 11 is 12.0. The van der Waals surface area contributed by atoms with Crippen molar-refractivity contribution in [1.29, 1.82) is 0 Å². The molecule has 0 saturated carbocycles. The van der Waals surface area contributed by atoms with Gasteiger partial charge in [-0.15, -0.1) is 0 Å². The molecule has 7 heteroatoms. The summed E-state index contributed by atoms with van der Waals surface area (Å²) in [6, 6.07) is 11.7. The fraction of sp³-hybridized carbons (Fsp3) is 0.628. The van der Waals surface area contributed by atoms with Crippen molar-refractivity contribution >= 4 is 29.2 Å². The minimum atomic E-state index is -0.707. The fourth-order valence-corrected chi connectivity index (χ4v) is 6.04. The molecule has 1 atom stereocenters. The van der Waals surface area contributed by atoms with E-state index in [-0.39, 0.29) is 22.2 Å². The molecule has 0 radical (unpaired) electrons.